The third-order valence-corrected chi connectivity index (χ3v) is 3.66. The maximum atomic E-state index is 12.3. The van der Waals surface area contributed by atoms with Gasteiger partial charge in [-0.15, -0.1) is 0 Å². The molecule has 0 spiro atoms. The van der Waals surface area contributed by atoms with Crippen LogP contribution in [0.2, 0.25) is 0 Å². The Morgan fingerprint density at radius 3 is 2.56 bits per heavy atom. The van der Waals surface area contributed by atoms with Crippen LogP contribution in [-0.4, -0.2) is 56.0 Å². The number of anilines is 1. The summed E-state index contributed by atoms with van der Waals surface area (Å²) in [7, 11) is 5.87. The van der Waals surface area contributed by atoms with Gasteiger partial charge in [-0.3, -0.25) is 4.79 Å². The third kappa shape index (κ3) is 2.64. The number of benzene rings is 1. The highest BCUT2D eigenvalue weighted by Crippen LogP contribution is 2.16. The summed E-state index contributed by atoms with van der Waals surface area (Å²) >= 11 is 0. The normalized spacial score (nSPS) is 19.8. The number of likely N-dealkylation sites (tertiary alicyclic amines) is 1. The van der Waals surface area contributed by atoms with Gasteiger partial charge in [0.05, 0.1) is 0 Å². The van der Waals surface area contributed by atoms with Crippen molar-refractivity contribution in [2.45, 2.75) is 12.5 Å². The number of carbonyl (C=O) groups is 1. The summed E-state index contributed by atoms with van der Waals surface area (Å²) in [6.07, 6.45) is 1.06. The summed E-state index contributed by atoms with van der Waals surface area (Å²) < 4.78 is 0. The molecule has 1 atom stereocenters. The van der Waals surface area contributed by atoms with Crippen molar-refractivity contribution < 1.29 is 4.79 Å². The lowest BCUT2D eigenvalue weighted by atomic mass is 10.1. The van der Waals surface area contributed by atoms with E-state index in [2.05, 4.69) is 17.3 Å². The highest BCUT2D eigenvalue weighted by atomic mass is 16.2. The lowest BCUT2D eigenvalue weighted by Crippen LogP contribution is -2.38. The number of hydrogen-bond acceptors (Lipinski definition) is 3. The summed E-state index contributed by atoms with van der Waals surface area (Å²) in [5.74, 6) is 0.109. The van der Waals surface area contributed by atoms with E-state index in [1.165, 1.54) is 0 Å². The molecule has 1 unspecified atom stereocenters. The Balaban J connectivity index is 2.05. The molecule has 1 aromatic rings. The molecule has 0 radical (unpaired) electrons. The number of rotatable bonds is 3. The van der Waals surface area contributed by atoms with E-state index in [4.69, 9.17) is 0 Å². The fourth-order valence-electron chi connectivity index (χ4n) is 2.38. The molecule has 0 bridgehead atoms. The van der Waals surface area contributed by atoms with E-state index in [1.54, 1.807) is 0 Å². The molecule has 1 aliphatic heterocycles. The Labute approximate surface area is 109 Å². The van der Waals surface area contributed by atoms with Crippen LogP contribution in [0, 0.1) is 0 Å². The SMILES string of the molecule is CNc1ccc(C(=O)N(C)C2CCN(C)C2)cc1. The lowest BCUT2D eigenvalue weighted by Gasteiger charge is -2.24. The van der Waals surface area contributed by atoms with Gasteiger partial charge in [-0.25, -0.2) is 0 Å². The summed E-state index contributed by atoms with van der Waals surface area (Å²) in [5, 5.41) is 3.05. The molecule has 1 fully saturated rings. The Kier molecular flexibility index (Phi) is 3.87. The van der Waals surface area contributed by atoms with Gasteiger partial charge < -0.3 is 15.1 Å². The van der Waals surface area contributed by atoms with E-state index in [-0.39, 0.29) is 5.91 Å². The van der Waals surface area contributed by atoms with Gasteiger partial charge in [0.2, 0.25) is 0 Å². The summed E-state index contributed by atoms with van der Waals surface area (Å²) in [4.78, 5) is 16.5. The maximum Gasteiger partial charge on any atom is 0.253 e. The van der Waals surface area contributed by atoms with Gasteiger partial charge in [-0.1, -0.05) is 0 Å². The maximum absolute atomic E-state index is 12.3. The molecule has 4 nitrogen and oxygen atoms in total. The summed E-state index contributed by atoms with van der Waals surface area (Å²) in [6.45, 7) is 2.04. The van der Waals surface area contributed by atoms with Crippen molar-refractivity contribution in [1.29, 1.82) is 0 Å². The minimum Gasteiger partial charge on any atom is -0.388 e. The summed E-state index contributed by atoms with van der Waals surface area (Å²) in [5.41, 5.74) is 1.78. The molecule has 1 N–H and O–H groups in total. The lowest BCUT2D eigenvalue weighted by molar-refractivity contribution is 0.0737. The Bertz CT molecular complexity index is 416. The Hall–Kier alpha value is -1.55. The van der Waals surface area contributed by atoms with Crippen molar-refractivity contribution in [3.05, 3.63) is 29.8 Å². The van der Waals surface area contributed by atoms with Crippen molar-refractivity contribution in [2.75, 3.05) is 39.5 Å². The van der Waals surface area contributed by atoms with Crippen LogP contribution >= 0.6 is 0 Å². The van der Waals surface area contributed by atoms with Crippen LogP contribution in [0.5, 0.6) is 0 Å². The molecule has 2 rings (SSSR count). The van der Waals surface area contributed by atoms with Crippen LogP contribution in [0.3, 0.4) is 0 Å². The number of nitrogens with zero attached hydrogens (tertiary/aromatic N) is 2. The third-order valence-electron chi connectivity index (χ3n) is 3.66. The molecule has 1 aliphatic rings. The standard InChI is InChI=1S/C14H21N3O/c1-15-12-6-4-11(5-7-12)14(18)17(3)13-8-9-16(2)10-13/h4-7,13,15H,8-10H2,1-3H3. The molecular formula is C14H21N3O. The van der Waals surface area contributed by atoms with Crippen molar-refractivity contribution in [1.82, 2.24) is 9.80 Å². The van der Waals surface area contributed by atoms with E-state index in [0.717, 1.165) is 30.8 Å². The first-order valence-electron chi connectivity index (χ1n) is 6.35. The zero-order valence-corrected chi connectivity index (χ0v) is 11.3. The van der Waals surface area contributed by atoms with Crippen LogP contribution in [0.25, 0.3) is 0 Å². The van der Waals surface area contributed by atoms with Crippen LogP contribution in [0.4, 0.5) is 5.69 Å². The highest BCUT2D eigenvalue weighted by molar-refractivity contribution is 5.94. The van der Waals surface area contributed by atoms with E-state index < -0.39 is 0 Å². The van der Waals surface area contributed by atoms with E-state index in [1.807, 2.05) is 43.3 Å². The number of nitrogens with one attached hydrogen (secondary N) is 1. The van der Waals surface area contributed by atoms with Crippen LogP contribution in [-0.2, 0) is 0 Å². The largest absolute Gasteiger partial charge is 0.388 e. The molecule has 1 amide bonds. The van der Waals surface area contributed by atoms with Gasteiger partial charge >= 0.3 is 0 Å². The predicted octanol–water partition coefficient (Wildman–Crippen LogP) is 1.50. The average molecular weight is 247 g/mol. The van der Waals surface area contributed by atoms with E-state index in [0.29, 0.717) is 6.04 Å². The molecule has 98 valence electrons. The Morgan fingerprint density at radius 2 is 2.06 bits per heavy atom. The van der Waals surface area contributed by atoms with Crippen molar-refractivity contribution in [2.24, 2.45) is 0 Å². The molecule has 4 heteroatoms. The van der Waals surface area contributed by atoms with Gasteiger partial charge in [-0.05, 0) is 44.3 Å². The molecule has 0 saturated carbocycles. The minimum atomic E-state index is 0.109. The fourth-order valence-corrected chi connectivity index (χ4v) is 2.38. The van der Waals surface area contributed by atoms with Crippen molar-refractivity contribution in [3.63, 3.8) is 0 Å². The van der Waals surface area contributed by atoms with Crippen LogP contribution in [0.15, 0.2) is 24.3 Å². The predicted molar refractivity (Wildman–Crippen MR) is 74.0 cm³/mol. The fraction of sp³-hybridized carbons (Fsp3) is 0.500. The van der Waals surface area contributed by atoms with Gasteiger partial charge in [0.1, 0.15) is 0 Å². The van der Waals surface area contributed by atoms with Gasteiger partial charge in [0.15, 0.2) is 0 Å². The van der Waals surface area contributed by atoms with E-state index in [9.17, 15) is 4.79 Å². The van der Waals surface area contributed by atoms with Crippen molar-refractivity contribution in [3.8, 4) is 0 Å². The zero-order valence-electron chi connectivity index (χ0n) is 11.3. The second kappa shape index (κ2) is 5.40. The number of hydrogen-bond donors (Lipinski definition) is 1. The molecule has 1 aromatic carbocycles. The van der Waals surface area contributed by atoms with Gasteiger partial charge in [0.25, 0.3) is 5.91 Å². The quantitative estimate of drug-likeness (QED) is 0.879. The zero-order chi connectivity index (χ0) is 13.1. The smallest absolute Gasteiger partial charge is 0.253 e. The Morgan fingerprint density at radius 1 is 1.39 bits per heavy atom. The average Bonchev–Trinajstić information content (AvgIpc) is 2.84. The van der Waals surface area contributed by atoms with E-state index >= 15 is 0 Å². The topological polar surface area (TPSA) is 35.6 Å². The summed E-state index contributed by atoms with van der Waals surface area (Å²) in [6, 6.07) is 7.96. The first-order valence-corrected chi connectivity index (χ1v) is 6.35. The second-order valence-corrected chi connectivity index (χ2v) is 4.95. The molecule has 0 aromatic heterocycles. The minimum absolute atomic E-state index is 0.109. The highest BCUT2D eigenvalue weighted by Gasteiger charge is 2.26. The first kappa shape index (κ1) is 12.9. The molecule has 18 heavy (non-hydrogen) atoms. The molecule has 1 heterocycles. The monoisotopic (exact) mass is 247 g/mol. The first-order chi connectivity index (χ1) is 8.61. The number of likely N-dealkylation sites (N-methyl/N-ethyl adjacent to an activating group) is 2. The van der Waals surface area contributed by atoms with Crippen LogP contribution < -0.4 is 5.32 Å². The van der Waals surface area contributed by atoms with Gasteiger partial charge in [0, 0.05) is 37.9 Å². The van der Waals surface area contributed by atoms with Crippen LogP contribution in [0.1, 0.15) is 16.8 Å². The number of amides is 1. The molecular weight excluding hydrogens is 226 g/mol. The number of carbonyl (C=O) groups excluding carboxylic acids is 1. The van der Waals surface area contributed by atoms with Gasteiger partial charge in [-0.2, -0.15) is 0 Å². The molecule has 1 saturated heterocycles. The molecule has 0 aliphatic carbocycles. The second-order valence-electron chi connectivity index (χ2n) is 4.95. The van der Waals surface area contributed by atoms with Crippen molar-refractivity contribution >= 4 is 11.6 Å².